The molecule has 0 amide bonds. The zero-order valence-electron chi connectivity index (χ0n) is 12.0. The molecule has 1 atom stereocenters. The normalized spacial score (nSPS) is 20.2. The highest BCUT2D eigenvalue weighted by molar-refractivity contribution is 5.32. The van der Waals surface area contributed by atoms with Crippen molar-refractivity contribution in [2.24, 2.45) is 0 Å². The smallest absolute Gasteiger partial charge is 0.0348 e. The van der Waals surface area contributed by atoms with Crippen molar-refractivity contribution in [1.82, 2.24) is 4.90 Å². The van der Waals surface area contributed by atoms with Crippen molar-refractivity contribution >= 4 is 0 Å². The second-order valence-corrected chi connectivity index (χ2v) is 4.92. The first-order chi connectivity index (χ1) is 8.20. The third-order valence-corrected chi connectivity index (χ3v) is 3.50. The highest BCUT2D eigenvalue weighted by Crippen LogP contribution is 2.34. The summed E-state index contributed by atoms with van der Waals surface area (Å²) in [6.45, 7) is 9.82. The topological polar surface area (TPSA) is 3.24 Å². The third-order valence-electron chi connectivity index (χ3n) is 3.50. The molecule has 1 aromatic carbocycles. The number of nitrogens with zero attached hydrogens (tertiary/aromatic N) is 1. The minimum Gasteiger partial charge on any atom is -0.299 e. The van der Waals surface area contributed by atoms with Gasteiger partial charge in [-0.1, -0.05) is 52.0 Å². The second-order valence-electron chi connectivity index (χ2n) is 4.92. The summed E-state index contributed by atoms with van der Waals surface area (Å²) in [5.41, 5.74) is 3.07. The van der Waals surface area contributed by atoms with E-state index in [9.17, 15) is 0 Å². The lowest BCUT2D eigenvalue weighted by atomic mass is 9.92. The largest absolute Gasteiger partial charge is 0.299 e. The average molecular weight is 233 g/mol. The van der Waals surface area contributed by atoms with E-state index in [-0.39, 0.29) is 0 Å². The SMILES string of the molecule is CC.CC(C)c1ccccc1[C@H]1CCCN1C. The molecule has 96 valence electrons. The molecule has 0 aromatic heterocycles. The summed E-state index contributed by atoms with van der Waals surface area (Å²) in [6, 6.07) is 9.58. The fourth-order valence-electron chi connectivity index (χ4n) is 2.64. The van der Waals surface area contributed by atoms with E-state index >= 15 is 0 Å². The van der Waals surface area contributed by atoms with Crippen molar-refractivity contribution in [3.05, 3.63) is 35.4 Å². The van der Waals surface area contributed by atoms with Crippen LogP contribution in [0.2, 0.25) is 0 Å². The standard InChI is InChI=1S/C14H21N.C2H6/c1-11(2)12-7-4-5-8-13(12)14-9-6-10-15(14)3;1-2/h4-5,7-8,11,14H,6,9-10H2,1-3H3;1-2H3/t14-;/m1./s1. The van der Waals surface area contributed by atoms with Crippen LogP contribution in [0.5, 0.6) is 0 Å². The van der Waals surface area contributed by atoms with Gasteiger partial charge in [-0.05, 0) is 43.5 Å². The molecule has 0 bridgehead atoms. The molecule has 1 heteroatoms. The van der Waals surface area contributed by atoms with Gasteiger partial charge in [0.05, 0.1) is 0 Å². The molecule has 0 N–H and O–H groups in total. The summed E-state index contributed by atoms with van der Waals surface area (Å²) in [6.07, 6.45) is 2.66. The lowest BCUT2D eigenvalue weighted by Gasteiger charge is -2.24. The van der Waals surface area contributed by atoms with Crippen LogP contribution in [0.3, 0.4) is 0 Å². The van der Waals surface area contributed by atoms with Gasteiger partial charge in [0.25, 0.3) is 0 Å². The Labute approximate surface area is 107 Å². The average Bonchev–Trinajstić information content (AvgIpc) is 2.78. The van der Waals surface area contributed by atoms with E-state index in [4.69, 9.17) is 0 Å². The monoisotopic (exact) mass is 233 g/mol. The van der Waals surface area contributed by atoms with E-state index in [2.05, 4.69) is 50.1 Å². The lowest BCUT2D eigenvalue weighted by molar-refractivity contribution is 0.315. The van der Waals surface area contributed by atoms with Gasteiger partial charge in [0.2, 0.25) is 0 Å². The van der Waals surface area contributed by atoms with Crippen molar-refractivity contribution in [2.75, 3.05) is 13.6 Å². The Bertz CT molecular complexity index is 330. The van der Waals surface area contributed by atoms with E-state index in [1.807, 2.05) is 13.8 Å². The minimum absolute atomic E-state index is 0.634. The zero-order valence-corrected chi connectivity index (χ0v) is 12.0. The Morgan fingerprint density at radius 3 is 2.35 bits per heavy atom. The molecular weight excluding hydrogens is 206 g/mol. The molecule has 2 rings (SSSR count). The highest BCUT2D eigenvalue weighted by Gasteiger charge is 2.24. The predicted molar refractivity (Wildman–Crippen MR) is 76.5 cm³/mol. The van der Waals surface area contributed by atoms with Crippen molar-refractivity contribution in [3.63, 3.8) is 0 Å². The third kappa shape index (κ3) is 3.32. The van der Waals surface area contributed by atoms with Crippen LogP contribution in [-0.2, 0) is 0 Å². The van der Waals surface area contributed by atoms with Gasteiger partial charge in [0, 0.05) is 6.04 Å². The summed E-state index contributed by atoms with van der Waals surface area (Å²) in [5, 5.41) is 0. The fraction of sp³-hybridized carbons (Fsp3) is 0.625. The number of hydrogen-bond donors (Lipinski definition) is 0. The van der Waals surface area contributed by atoms with Gasteiger partial charge in [-0.2, -0.15) is 0 Å². The molecule has 1 nitrogen and oxygen atoms in total. The Balaban J connectivity index is 0.000000686. The fourth-order valence-corrected chi connectivity index (χ4v) is 2.64. The minimum atomic E-state index is 0.634. The first-order valence-electron chi connectivity index (χ1n) is 6.99. The first kappa shape index (κ1) is 14.2. The molecule has 17 heavy (non-hydrogen) atoms. The van der Waals surface area contributed by atoms with Crippen LogP contribution >= 0.6 is 0 Å². The van der Waals surface area contributed by atoms with E-state index in [1.165, 1.54) is 24.9 Å². The Hall–Kier alpha value is -0.820. The summed E-state index contributed by atoms with van der Waals surface area (Å²) in [7, 11) is 2.24. The molecule has 0 spiro atoms. The molecule has 0 unspecified atom stereocenters. The molecular formula is C16H27N. The van der Waals surface area contributed by atoms with Gasteiger partial charge >= 0.3 is 0 Å². The van der Waals surface area contributed by atoms with Crippen molar-refractivity contribution < 1.29 is 0 Å². The van der Waals surface area contributed by atoms with Crippen LogP contribution in [0.4, 0.5) is 0 Å². The first-order valence-corrected chi connectivity index (χ1v) is 6.99. The summed E-state index contributed by atoms with van der Waals surface area (Å²) >= 11 is 0. The van der Waals surface area contributed by atoms with E-state index < -0.39 is 0 Å². The Kier molecular flexibility index (Phi) is 5.70. The molecule has 1 aliphatic rings. The number of benzene rings is 1. The Morgan fingerprint density at radius 1 is 1.18 bits per heavy atom. The van der Waals surface area contributed by atoms with Crippen LogP contribution in [0.25, 0.3) is 0 Å². The Morgan fingerprint density at radius 2 is 1.82 bits per heavy atom. The maximum Gasteiger partial charge on any atom is 0.0348 e. The molecule has 1 aliphatic heterocycles. The summed E-state index contributed by atoms with van der Waals surface area (Å²) in [4.78, 5) is 2.49. The zero-order chi connectivity index (χ0) is 12.8. The van der Waals surface area contributed by atoms with Crippen LogP contribution in [-0.4, -0.2) is 18.5 Å². The quantitative estimate of drug-likeness (QED) is 0.721. The predicted octanol–water partition coefficient (Wildman–Crippen LogP) is 4.60. The van der Waals surface area contributed by atoms with E-state index in [0.29, 0.717) is 12.0 Å². The van der Waals surface area contributed by atoms with Crippen LogP contribution in [0.1, 0.15) is 63.6 Å². The molecule has 0 aliphatic carbocycles. The van der Waals surface area contributed by atoms with Crippen molar-refractivity contribution in [1.29, 1.82) is 0 Å². The van der Waals surface area contributed by atoms with Crippen LogP contribution in [0, 0.1) is 0 Å². The van der Waals surface area contributed by atoms with E-state index in [0.717, 1.165) is 0 Å². The van der Waals surface area contributed by atoms with Gasteiger partial charge in [-0.25, -0.2) is 0 Å². The summed E-state index contributed by atoms with van der Waals surface area (Å²) in [5.74, 6) is 0.634. The maximum absolute atomic E-state index is 2.49. The van der Waals surface area contributed by atoms with Crippen LogP contribution < -0.4 is 0 Å². The number of hydrogen-bond acceptors (Lipinski definition) is 1. The van der Waals surface area contributed by atoms with Gasteiger partial charge in [-0.15, -0.1) is 0 Å². The lowest BCUT2D eigenvalue weighted by Crippen LogP contribution is -2.18. The second kappa shape index (κ2) is 6.80. The molecule has 0 saturated carbocycles. The van der Waals surface area contributed by atoms with E-state index in [1.54, 1.807) is 5.56 Å². The molecule has 0 radical (unpaired) electrons. The summed E-state index contributed by atoms with van der Waals surface area (Å²) < 4.78 is 0. The van der Waals surface area contributed by atoms with Crippen molar-refractivity contribution in [2.45, 2.75) is 52.5 Å². The molecule has 1 fully saturated rings. The van der Waals surface area contributed by atoms with Gasteiger partial charge < -0.3 is 0 Å². The molecule has 1 aromatic rings. The molecule has 1 heterocycles. The highest BCUT2D eigenvalue weighted by atomic mass is 15.1. The number of likely N-dealkylation sites (tertiary alicyclic amines) is 1. The van der Waals surface area contributed by atoms with Crippen LogP contribution in [0.15, 0.2) is 24.3 Å². The number of rotatable bonds is 2. The maximum atomic E-state index is 2.49. The van der Waals surface area contributed by atoms with Crippen molar-refractivity contribution in [3.8, 4) is 0 Å². The van der Waals surface area contributed by atoms with Gasteiger partial charge in [0.1, 0.15) is 0 Å². The van der Waals surface area contributed by atoms with Gasteiger partial charge in [-0.3, -0.25) is 4.90 Å². The van der Waals surface area contributed by atoms with Gasteiger partial charge in [0.15, 0.2) is 0 Å². The molecule has 1 saturated heterocycles.